The van der Waals surface area contributed by atoms with Crippen molar-refractivity contribution in [1.82, 2.24) is 24.6 Å². The summed E-state index contributed by atoms with van der Waals surface area (Å²) in [5.41, 5.74) is 2.78. The second kappa shape index (κ2) is 9.72. The van der Waals surface area contributed by atoms with Gasteiger partial charge in [-0.3, -0.25) is 18.8 Å². The van der Waals surface area contributed by atoms with E-state index in [9.17, 15) is 9.59 Å². The Labute approximate surface area is 208 Å². The number of amides is 1. The molecule has 0 aliphatic heterocycles. The van der Waals surface area contributed by atoms with E-state index < -0.39 is 6.04 Å². The predicted molar refractivity (Wildman–Crippen MR) is 139 cm³/mol. The first-order chi connectivity index (χ1) is 17.5. The largest absolute Gasteiger partial charge is 0.342 e. The standard InChI is InChI=1S/C29H23N5O2/c1-20(31-28(35)23-10-5-3-6-11-23)27-32-25-15-9-12-22(17-16-21-18-30-33(2)19-21)26(25)29(36)34(27)24-13-7-4-8-14-24/h3-15,18-20H,1-2H3,(H,31,35)/t20-/m1/s1. The molecule has 7 nitrogen and oxygen atoms in total. The van der Waals surface area contributed by atoms with E-state index in [2.05, 4.69) is 22.3 Å². The molecule has 2 heterocycles. The first kappa shape index (κ1) is 22.8. The molecule has 0 saturated heterocycles. The van der Waals surface area contributed by atoms with Crippen molar-refractivity contribution in [2.75, 3.05) is 0 Å². The van der Waals surface area contributed by atoms with Gasteiger partial charge in [0.1, 0.15) is 5.82 Å². The van der Waals surface area contributed by atoms with Gasteiger partial charge >= 0.3 is 0 Å². The van der Waals surface area contributed by atoms with Crippen molar-refractivity contribution in [2.24, 2.45) is 7.05 Å². The Hall–Kier alpha value is -4.96. The lowest BCUT2D eigenvalue weighted by atomic mass is 10.1. The first-order valence-corrected chi connectivity index (χ1v) is 11.5. The Morgan fingerprint density at radius 2 is 1.67 bits per heavy atom. The van der Waals surface area contributed by atoms with Crippen LogP contribution in [0, 0.1) is 11.8 Å². The number of nitrogens with one attached hydrogen (secondary N) is 1. The smallest absolute Gasteiger partial charge is 0.267 e. The molecule has 176 valence electrons. The summed E-state index contributed by atoms with van der Waals surface area (Å²) < 4.78 is 3.22. The van der Waals surface area contributed by atoms with Gasteiger partial charge in [-0.05, 0) is 43.3 Å². The topological polar surface area (TPSA) is 81.8 Å². The van der Waals surface area contributed by atoms with Gasteiger partial charge in [0.05, 0.1) is 34.4 Å². The number of aromatic nitrogens is 4. The summed E-state index contributed by atoms with van der Waals surface area (Å²) in [5, 5.41) is 7.54. The number of para-hydroxylation sites is 1. The van der Waals surface area contributed by atoms with Crippen LogP contribution in [-0.2, 0) is 7.05 Å². The molecule has 1 N–H and O–H groups in total. The van der Waals surface area contributed by atoms with Crippen molar-refractivity contribution >= 4 is 16.8 Å². The number of hydrogen-bond donors (Lipinski definition) is 1. The van der Waals surface area contributed by atoms with Crippen LogP contribution in [0.5, 0.6) is 0 Å². The number of fused-ring (bicyclic) bond motifs is 1. The van der Waals surface area contributed by atoms with Crippen LogP contribution in [0.2, 0.25) is 0 Å². The summed E-state index contributed by atoms with van der Waals surface area (Å²) in [6, 6.07) is 23.1. The highest BCUT2D eigenvalue weighted by molar-refractivity contribution is 5.94. The zero-order chi connectivity index (χ0) is 25.1. The monoisotopic (exact) mass is 473 g/mol. The van der Waals surface area contributed by atoms with Gasteiger partial charge < -0.3 is 5.32 Å². The Morgan fingerprint density at radius 3 is 2.36 bits per heavy atom. The number of carbonyl (C=O) groups is 1. The summed E-state index contributed by atoms with van der Waals surface area (Å²) in [6.07, 6.45) is 3.49. The molecule has 3 aromatic carbocycles. The fraction of sp³-hybridized carbons (Fsp3) is 0.103. The summed E-state index contributed by atoms with van der Waals surface area (Å²) >= 11 is 0. The van der Waals surface area contributed by atoms with Crippen LogP contribution < -0.4 is 10.9 Å². The second-order valence-corrected chi connectivity index (χ2v) is 8.36. The third kappa shape index (κ3) is 4.52. The number of carbonyl (C=O) groups excluding carboxylic acids is 1. The van der Waals surface area contributed by atoms with E-state index in [-0.39, 0.29) is 11.5 Å². The van der Waals surface area contributed by atoms with Crippen LogP contribution in [0.25, 0.3) is 16.6 Å². The third-order valence-electron chi connectivity index (χ3n) is 5.76. The first-order valence-electron chi connectivity index (χ1n) is 11.5. The highest BCUT2D eigenvalue weighted by Gasteiger charge is 2.21. The Kier molecular flexibility index (Phi) is 6.16. The fourth-order valence-electron chi connectivity index (χ4n) is 4.03. The number of benzene rings is 3. The Bertz CT molecular complexity index is 1680. The molecule has 5 rings (SSSR count). The lowest BCUT2D eigenvalue weighted by Gasteiger charge is -2.20. The van der Waals surface area contributed by atoms with Gasteiger partial charge in [-0.2, -0.15) is 5.10 Å². The van der Waals surface area contributed by atoms with Gasteiger partial charge in [0.15, 0.2) is 0 Å². The molecule has 0 radical (unpaired) electrons. The van der Waals surface area contributed by atoms with Gasteiger partial charge in [0, 0.05) is 24.4 Å². The van der Waals surface area contributed by atoms with E-state index in [1.807, 2.05) is 80.8 Å². The summed E-state index contributed by atoms with van der Waals surface area (Å²) in [7, 11) is 1.82. The molecular formula is C29H23N5O2. The van der Waals surface area contributed by atoms with Crippen molar-refractivity contribution in [3.05, 3.63) is 124 Å². The minimum Gasteiger partial charge on any atom is -0.342 e. The van der Waals surface area contributed by atoms with Crippen LogP contribution in [-0.4, -0.2) is 25.2 Å². The molecule has 5 aromatic rings. The number of rotatable bonds is 4. The molecule has 0 aliphatic carbocycles. The van der Waals surface area contributed by atoms with Crippen molar-refractivity contribution in [3.63, 3.8) is 0 Å². The van der Waals surface area contributed by atoms with Gasteiger partial charge in [-0.25, -0.2) is 4.98 Å². The molecule has 0 spiro atoms. The average molecular weight is 474 g/mol. The summed E-state index contributed by atoms with van der Waals surface area (Å²) in [6.45, 7) is 1.82. The number of hydrogen-bond acceptors (Lipinski definition) is 4. The summed E-state index contributed by atoms with van der Waals surface area (Å²) in [4.78, 5) is 31.7. The molecule has 2 aromatic heterocycles. The van der Waals surface area contributed by atoms with Crippen molar-refractivity contribution < 1.29 is 4.79 Å². The zero-order valence-electron chi connectivity index (χ0n) is 19.8. The summed E-state index contributed by atoms with van der Waals surface area (Å²) in [5.74, 6) is 6.38. The normalized spacial score (nSPS) is 11.5. The molecule has 0 bridgehead atoms. The molecule has 1 atom stereocenters. The van der Waals surface area contributed by atoms with Crippen LogP contribution in [0.4, 0.5) is 0 Å². The minimum absolute atomic E-state index is 0.242. The lowest BCUT2D eigenvalue weighted by molar-refractivity contribution is 0.0938. The van der Waals surface area contributed by atoms with Crippen molar-refractivity contribution in [2.45, 2.75) is 13.0 Å². The zero-order valence-corrected chi connectivity index (χ0v) is 19.8. The third-order valence-corrected chi connectivity index (χ3v) is 5.76. The van der Waals surface area contributed by atoms with Crippen molar-refractivity contribution in [1.29, 1.82) is 0 Å². The molecule has 0 unspecified atom stereocenters. The molecule has 0 aliphatic rings. The van der Waals surface area contributed by atoms with Crippen LogP contribution >= 0.6 is 0 Å². The van der Waals surface area contributed by atoms with E-state index in [1.165, 1.54) is 0 Å². The van der Waals surface area contributed by atoms with Crippen LogP contribution in [0.1, 0.15) is 40.3 Å². The molecule has 0 fully saturated rings. The van der Waals surface area contributed by atoms with Crippen molar-refractivity contribution in [3.8, 4) is 17.5 Å². The second-order valence-electron chi connectivity index (χ2n) is 8.36. The quantitative estimate of drug-likeness (QED) is 0.400. The van der Waals surface area contributed by atoms with E-state index in [0.717, 1.165) is 5.56 Å². The predicted octanol–water partition coefficient (Wildman–Crippen LogP) is 4.01. The Balaban J connectivity index is 1.66. The molecule has 0 saturated carbocycles. The van der Waals surface area contributed by atoms with E-state index in [0.29, 0.717) is 33.5 Å². The maximum Gasteiger partial charge on any atom is 0.267 e. The Morgan fingerprint density at radius 1 is 0.944 bits per heavy atom. The van der Waals surface area contributed by atoms with Gasteiger partial charge in [0.25, 0.3) is 11.5 Å². The number of nitrogens with zero attached hydrogens (tertiary/aromatic N) is 4. The van der Waals surface area contributed by atoms with E-state index in [1.54, 1.807) is 33.6 Å². The highest BCUT2D eigenvalue weighted by Crippen LogP contribution is 2.20. The van der Waals surface area contributed by atoms with E-state index >= 15 is 0 Å². The van der Waals surface area contributed by atoms with E-state index in [4.69, 9.17) is 4.98 Å². The van der Waals surface area contributed by atoms with Gasteiger partial charge in [0.2, 0.25) is 0 Å². The molecule has 36 heavy (non-hydrogen) atoms. The maximum absolute atomic E-state index is 14.0. The number of aryl methyl sites for hydroxylation is 1. The van der Waals surface area contributed by atoms with Gasteiger partial charge in [-0.1, -0.05) is 54.3 Å². The lowest BCUT2D eigenvalue weighted by Crippen LogP contribution is -2.33. The fourth-order valence-corrected chi connectivity index (χ4v) is 4.03. The molecular weight excluding hydrogens is 450 g/mol. The SMILES string of the molecule is C[C@@H](NC(=O)c1ccccc1)c1nc2cccc(C#Cc3cnn(C)c3)c2c(=O)n1-c1ccccc1. The average Bonchev–Trinajstić information content (AvgIpc) is 3.33. The molecule has 7 heteroatoms. The van der Waals surface area contributed by atoms with Gasteiger partial charge in [-0.15, -0.1) is 0 Å². The minimum atomic E-state index is -0.542. The van der Waals surface area contributed by atoms with Crippen LogP contribution in [0.15, 0.2) is 96.1 Å². The maximum atomic E-state index is 14.0. The van der Waals surface area contributed by atoms with Crippen LogP contribution in [0.3, 0.4) is 0 Å². The highest BCUT2D eigenvalue weighted by atomic mass is 16.2. The molecule has 1 amide bonds.